The zero-order chi connectivity index (χ0) is 38.2. The van der Waals surface area contributed by atoms with E-state index >= 15 is 0 Å². The molecule has 2 aromatic heterocycles. The Balaban J connectivity index is 1.31. The summed E-state index contributed by atoms with van der Waals surface area (Å²) >= 11 is 0. The van der Waals surface area contributed by atoms with Crippen molar-refractivity contribution in [2.24, 2.45) is 0 Å². The molecule has 0 saturated heterocycles. The van der Waals surface area contributed by atoms with E-state index in [-0.39, 0.29) is 12.1 Å². The van der Waals surface area contributed by atoms with Gasteiger partial charge in [-0.2, -0.15) is 0 Å². The Kier molecular flexibility index (Phi) is 13.2. The van der Waals surface area contributed by atoms with Crippen LogP contribution in [0.25, 0.3) is 22.6 Å². The molecule has 0 N–H and O–H groups in total. The Labute approximate surface area is 319 Å². The van der Waals surface area contributed by atoms with Crippen LogP contribution in [0.1, 0.15) is 112 Å². The van der Waals surface area contributed by atoms with Crippen molar-refractivity contribution in [3.8, 4) is 22.6 Å². The second-order valence-electron chi connectivity index (χ2n) is 14.8. The van der Waals surface area contributed by atoms with Gasteiger partial charge in [-0.05, 0) is 103 Å². The number of rotatable bonds is 16. The Morgan fingerprint density at radius 1 is 0.667 bits per heavy atom. The maximum absolute atomic E-state index is 13.9. The second-order valence-corrected chi connectivity index (χ2v) is 14.8. The first-order chi connectivity index (χ1) is 26.3. The summed E-state index contributed by atoms with van der Waals surface area (Å²) in [6, 6.07) is 12.2. The van der Waals surface area contributed by atoms with E-state index in [9.17, 15) is 9.59 Å². The average Bonchev–Trinajstić information content (AvgIpc) is 3.80. The van der Waals surface area contributed by atoms with Gasteiger partial charge in [0, 0.05) is 45.5 Å². The molecule has 0 spiro atoms. The summed E-state index contributed by atoms with van der Waals surface area (Å²) in [5, 5.41) is 8.10. The summed E-state index contributed by atoms with van der Waals surface area (Å²) < 4.78 is 24.3. The van der Waals surface area contributed by atoms with Gasteiger partial charge in [-0.15, -0.1) is 0 Å². The smallest absolute Gasteiger partial charge is 0.331 e. The maximum Gasteiger partial charge on any atom is 0.331 e. The van der Waals surface area contributed by atoms with E-state index in [1.165, 1.54) is 12.2 Å². The number of ether oxygens (including phenoxy) is 2. The quantitative estimate of drug-likeness (QED) is 0.0817. The molecule has 0 saturated carbocycles. The molecule has 0 fully saturated rings. The van der Waals surface area contributed by atoms with Gasteiger partial charge in [0.1, 0.15) is 12.2 Å². The molecule has 0 radical (unpaired) electrons. The molecule has 2 aliphatic carbocycles. The fourth-order valence-electron chi connectivity index (χ4n) is 8.65. The van der Waals surface area contributed by atoms with E-state index in [0.29, 0.717) is 11.5 Å². The number of nitrogens with zero attached hydrogens (tertiary/aromatic N) is 4. The van der Waals surface area contributed by atoms with Crippen molar-refractivity contribution in [3.63, 3.8) is 0 Å². The number of carbonyl (C=O) groups excluding carboxylic acids is 2. The van der Waals surface area contributed by atoms with Crippen molar-refractivity contribution in [2.75, 3.05) is 26.2 Å². The van der Waals surface area contributed by atoms with E-state index in [1.807, 2.05) is 38.1 Å². The van der Waals surface area contributed by atoms with Crippen molar-refractivity contribution < 1.29 is 28.1 Å². The van der Waals surface area contributed by atoms with E-state index in [1.54, 1.807) is 12.4 Å². The third kappa shape index (κ3) is 8.40. The third-order valence-corrected chi connectivity index (χ3v) is 10.9. The fraction of sp³-hybridized carbons (Fsp3) is 0.500. The molecule has 2 aromatic carbocycles. The number of benzene rings is 2. The molecular weight excluding hydrogens is 681 g/mol. The van der Waals surface area contributed by atoms with Gasteiger partial charge in [-0.3, -0.25) is 9.80 Å². The zero-order valence-corrected chi connectivity index (χ0v) is 32.8. The summed E-state index contributed by atoms with van der Waals surface area (Å²) in [5.41, 5.74) is 7.72. The highest BCUT2D eigenvalue weighted by Gasteiger charge is 2.40. The number of hydrogen-bond donors (Lipinski definition) is 0. The summed E-state index contributed by atoms with van der Waals surface area (Å²) in [4.78, 5) is 32.6. The first-order valence-corrected chi connectivity index (χ1v) is 19.9. The largest absolute Gasteiger partial charge is 0.453 e. The fourth-order valence-corrected chi connectivity index (χ4v) is 8.65. The molecule has 288 valence electrons. The zero-order valence-electron chi connectivity index (χ0n) is 32.8. The molecule has 10 heteroatoms. The van der Waals surface area contributed by atoms with Crippen molar-refractivity contribution in [1.82, 2.24) is 20.1 Å². The monoisotopic (exact) mass is 736 g/mol. The predicted molar refractivity (Wildman–Crippen MR) is 209 cm³/mol. The molecule has 4 atom stereocenters. The topological polar surface area (TPSA) is 111 Å². The van der Waals surface area contributed by atoms with Crippen molar-refractivity contribution in [3.05, 3.63) is 94.3 Å². The van der Waals surface area contributed by atoms with Gasteiger partial charge in [0.05, 0.1) is 24.5 Å². The summed E-state index contributed by atoms with van der Waals surface area (Å²) in [6.45, 7) is 16.2. The normalized spacial score (nSPS) is 19.6. The highest BCUT2D eigenvalue weighted by atomic mass is 16.6. The lowest BCUT2D eigenvalue weighted by Crippen LogP contribution is -2.45. The van der Waals surface area contributed by atoms with Crippen LogP contribution in [-0.4, -0.2) is 70.3 Å². The summed E-state index contributed by atoms with van der Waals surface area (Å²) in [5.74, 6) is 0.160. The van der Waals surface area contributed by atoms with Crippen LogP contribution in [0.5, 0.6) is 0 Å². The van der Waals surface area contributed by atoms with Crippen LogP contribution >= 0.6 is 0 Å². The SMILES string of the molecule is CCCN(CCC)C1CCc2cccc(-c3oncc3C)c2C1OC(=O)/C=C\C(=O)OC1c2c(cccc2-c2oncc2C)CCC1N(CCC)CCC. The molecule has 0 aliphatic heterocycles. The molecule has 2 aliphatic rings. The average molecular weight is 737 g/mol. The number of hydrogen-bond acceptors (Lipinski definition) is 10. The van der Waals surface area contributed by atoms with Gasteiger partial charge in [-0.25, -0.2) is 9.59 Å². The van der Waals surface area contributed by atoms with Crippen LogP contribution in [0.4, 0.5) is 0 Å². The number of esters is 2. The molecule has 10 nitrogen and oxygen atoms in total. The van der Waals surface area contributed by atoms with Crippen molar-refractivity contribution in [2.45, 2.75) is 117 Å². The molecule has 54 heavy (non-hydrogen) atoms. The molecular formula is C44H56N4O6. The molecule has 6 rings (SSSR count). The Morgan fingerprint density at radius 2 is 1.06 bits per heavy atom. The maximum atomic E-state index is 13.9. The molecule has 4 unspecified atom stereocenters. The van der Waals surface area contributed by atoms with Gasteiger partial charge >= 0.3 is 11.9 Å². The molecule has 2 heterocycles. The predicted octanol–water partition coefficient (Wildman–Crippen LogP) is 8.91. The van der Waals surface area contributed by atoms with Gasteiger partial charge in [0.2, 0.25) is 0 Å². The van der Waals surface area contributed by atoms with Gasteiger partial charge in [0.15, 0.2) is 11.5 Å². The highest BCUT2D eigenvalue weighted by Crippen LogP contribution is 2.44. The lowest BCUT2D eigenvalue weighted by Gasteiger charge is -2.41. The van der Waals surface area contributed by atoms with E-state index < -0.39 is 24.1 Å². The van der Waals surface area contributed by atoms with E-state index in [4.69, 9.17) is 18.5 Å². The summed E-state index contributed by atoms with van der Waals surface area (Å²) in [6.07, 6.45) is 12.0. The molecule has 0 amide bonds. The van der Waals surface area contributed by atoms with Gasteiger partial charge in [0.25, 0.3) is 0 Å². The van der Waals surface area contributed by atoms with Crippen LogP contribution < -0.4 is 0 Å². The van der Waals surface area contributed by atoms with Gasteiger partial charge in [-0.1, -0.05) is 74.4 Å². The third-order valence-electron chi connectivity index (χ3n) is 10.9. The minimum Gasteiger partial charge on any atom is -0.453 e. The van der Waals surface area contributed by atoms with Crippen molar-refractivity contribution in [1.29, 1.82) is 0 Å². The molecule has 4 aromatic rings. The molecule has 0 bridgehead atoms. The number of fused-ring (bicyclic) bond motifs is 2. The van der Waals surface area contributed by atoms with Crippen LogP contribution in [-0.2, 0) is 31.9 Å². The van der Waals surface area contributed by atoms with Crippen LogP contribution in [0.2, 0.25) is 0 Å². The number of aryl methyl sites for hydroxylation is 4. The van der Waals surface area contributed by atoms with E-state index in [2.05, 4.69) is 59.9 Å². The van der Waals surface area contributed by atoms with Crippen LogP contribution in [0.15, 0.2) is 70.0 Å². The summed E-state index contributed by atoms with van der Waals surface area (Å²) in [7, 11) is 0. The lowest BCUT2D eigenvalue weighted by atomic mass is 9.81. The first kappa shape index (κ1) is 39.2. The second kappa shape index (κ2) is 18.2. The number of carbonyl (C=O) groups is 2. The van der Waals surface area contributed by atoms with E-state index in [0.717, 1.165) is 122 Å². The lowest BCUT2D eigenvalue weighted by molar-refractivity contribution is -0.150. The van der Waals surface area contributed by atoms with Crippen LogP contribution in [0.3, 0.4) is 0 Å². The highest BCUT2D eigenvalue weighted by molar-refractivity contribution is 5.92. The number of aromatic nitrogens is 2. The first-order valence-electron chi connectivity index (χ1n) is 19.9. The Hall–Kier alpha value is -4.54. The standard InChI is InChI=1S/C44H56N4O6/c1-7-23-47(24-8-2)35-19-17-31-13-11-15-33(41-29(5)27-45-53-41)39(31)43(35)51-37(49)21-22-38(50)52-44-36(48(25-9-3)26-10-4)20-18-32-14-12-16-34(40(32)44)42-30(6)28-46-54-42/h11-16,21-22,27-28,35-36,43-44H,7-10,17-20,23-26H2,1-6H3/b22-21-. The van der Waals surface area contributed by atoms with Crippen LogP contribution in [0, 0.1) is 13.8 Å². The van der Waals surface area contributed by atoms with Gasteiger partial charge < -0.3 is 18.5 Å². The van der Waals surface area contributed by atoms with Crippen molar-refractivity contribution >= 4 is 11.9 Å². The minimum atomic E-state index is -0.594. The Morgan fingerprint density at radius 3 is 1.39 bits per heavy atom. The minimum absolute atomic E-state index is 0.0355. The Bertz CT molecular complexity index is 1760.